The van der Waals surface area contributed by atoms with Gasteiger partial charge in [0.1, 0.15) is 24.0 Å². The van der Waals surface area contributed by atoms with E-state index in [-0.39, 0.29) is 12.2 Å². The van der Waals surface area contributed by atoms with Crippen LogP contribution in [0.2, 0.25) is 10.0 Å². The average molecular weight is 422 g/mol. The minimum atomic E-state index is -0.698. The van der Waals surface area contributed by atoms with E-state index in [2.05, 4.69) is 5.32 Å². The number of aliphatic hydroxyl groups is 1. The second-order valence-corrected chi connectivity index (χ2v) is 7.54. The molecule has 0 aliphatic rings. The Bertz CT molecular complexity index is 1050. The number of aliphatic hydroxyl groups excluding tert-OH is 1. The highest BCUT2D eigenvalue weighted by Crippen LogP contribution is 2.27. The van der Waals surface area contributed by atoms with Crippen LogP contribution in [-0.2, 0) is 6.54 Å². The lowest BCUT2D eigenvalue weighted by Crippen LogP contribution is -2.31. The van der Waals surface area contributed by atoms with Crippen LogP contribution in [0, 0.1) is 13.8 Å². The third-order valence-electron chi connectivity index (χ3n) is 4.39. The van der Waals surface area contributed by atoms with Gasteiger partial charge in [0.25, 0.3) is 0 Å². The van der Waals surface area contributed by atoms with Gasteiger partial charge in [-0.05, 0) is 54.8 Å². The Morgan fingerprint density at radius 1 is 1.14 bits per heavy atom. The molecule has 1 atom stereocenters. The first kappa shape index (κ1) is 20.7. The molecule has 0 spiro atoms. The normalized spacial score (nSPS) is 12.3. The summed E-state index contributed by atoms with van der Waals surface area (Å²) in [5, 5.41) is 15.3. The Balaban J connectivity index is 1.57. The standard InChI is InChI=1S/C21H21Cl2NO4/c1-12-6-21(26)28-20-5-13(2)19(8-17(12)20)27-11-16(25)10-24-9-14-3-4-15(22)7-18(14)23/h3-8,16,24-25H,9-11H2,1-2H3/t16-/m1/s1. The first-order valence-corrected chi connectivity index (χ1v) is 9.59. The molecule has 0 aliphatic carbocycles. The number of halogens is 2. The Kier molecular flexibility index (Phi) is 6.62. The molecule has 0 saturated carbocycles. The van der Waals surface area contributed by atoms with Crippen LogP contribution in [0.3, 0.4) is 0 Å². The van der Waals surface area contributed by atoms with E-state index in [0.29, 0.717) is 34.5 Å². The fraction of sp³-hybridized carbons (Fsp3) is 0.286. The van der Waals surface area contributed by atoms with Gasteiger partial charge in [-0.2, -0.15) is 0 Å². The molecule has 0 saturated heterocycles. The van der Waals surface area contributed by atoms with Gasteiger partial charge >= 0.3 is 5.63 Å². The van der Waals surface area contributed by atoms with Crippen molar-refractivity contribution in [2.45, 2.75) is 26.5 Å². The van der Waals surface area contributed by atoms with E-state index < -0.39 is 6.10 Å². The predicted molar refractivity (Wildman–Crippen MR) is 112 cm³/mol. The minimum Gasteiger partial charge on any atom is -0.491 e. The van der Waals surface area contributed by atoms with Crippen molar-refractivity contribution in [2.75, 3.05) is 13.2 Å². The average Bonchev–Trinajstić information content (AvgIpc) is 2.62. The van der Waals surface area contributed by atoms with Crippen LogP contribution in [0.25, 0.3) is 11.0 Å². The maximum absolute atomic E-state index is 11.5. The van der Waals surface area contributed by atoms with E-state index in [0.717, 1.165) is 22.1 Å². The molecule has 3 aromatic rings. The molecule has 148 valence electrons. The summed E-state index contributed by atoms with van der Waals surface area (Å²) in [6, 6.07) is 10.4. The molecule has 0 unspecified atom stereocenters. The molecular weight excluding hydrogens is 401 g/mol. The molecule has 5 nitrogen and oxygen atoms in total. The van der Waals surface area contributed by atoms with Crippen molar-refractivity contribution in [3.63, 3.8) is 0 Å². The lowest BCUT2D eigenvalue weighted by atomic mass is 10.1. The fourth-order valence-corrected chi connectivity index (χ4v) is 3.36. The Hall–Kier alpha value is -2.05. The van der Waals surface area contributed by atoms with Gasteiger partial charge in [0.15, 0.2) is 0 Å². The zero-order valence-electron chi connectivity index (χ0n) is 15.6. The Morgan fingerprint density at radius 3 is 2.68 bits per heavy atom. The van der Waals surface area contributed by atoms with E-state index in [1.54, 1.807) is 18.2 Å². The number of benzene rings is 2. The monoisotopic (exact) mass is 421 g/mol. The number of hydrogen-bond acceptors (Lipinski definition) is 5. The van der Waals surface area contributed by atoms with Crippen LogP contribution >= 0.6 is 23.2 Å². The lowest BCUT2D eigenvalue weighted by molar-refractivity contribution is 0.106. The largest absolute Gasteiger partial charge is 0.491 e. The first-order chi connectivity index (χ1) is 13.3. The topological polar surface area (TPSA) is 71.7 Å². The minimum absolute atomic E-state index is 0.128. The zero-order valence-corrected chi connectivity index (χ0v) is 17.1. The quantitative estimate of drug-likeness (QED) is 0.558. The van der Waals surface area contributed by atoms with E-state index in [1.807, 2.05) is 26.0 Å². The number of fused-ring (bicyclic) bond motifs is 1. The molecule has 0 bridgehead atoms. The first-order valence-electron chi connectivity index (χ1n) is 8.84. The summed E-state index contributed by atoms with van der Waals surface area (Å²) in [7, 11) is 0. The van der Waals surface area contributed by atoms with Crippen molar-refractivity contribution < 1.29 is 14.3 Å². The van der Waals surface area contributed by atoms with Gasteiger partial charge in [-0.3, -0.25) is 0 Å². The summed E-state index contributed by atoms with van der Waals surface area (Å²) in [6.07, 6.45) is -0.698. The molecule has 2 N–H and O–H groups in total. The van der Waals surface area contributed by atoms with Crippen LogP contribution in [0.15, 0.2) is 45.6 Å². The summed E-state index contributed by atoms with van der Waals surface area (Å²) in [6.45, 7) is 4.70. The van der Waals surface area contributed by atoms with Gasteiger partial charge < -0.3 is 19.6 Å². The molecule has 28 heavy (non-hydrogen) atoms. The summed E-state index contributed by atoms with van der Waals surface area (Å²) < 4.78 is 11.0. The molecular formula is C21H21Cl2NO4. The Labute approximate surface area is 172 Å². The zero-order chi connectivity index (χ0) is 20.3. The molecule has 3 rings (SSSR count). The van der Waals surface area contributed by atoms with Crippen molar-refractivity contribution in [1.29, 1.82) is 0 Å². The number of nitrogens with one attached hydrogen (secondary N) is 1. The fourth-order valence-electron chi connectivity index (χ4n) is 2.89. The van der Waals surface area contributed by atoms with Crippen molar-refractivity contribution in [1.82, 2.24) is 5.32 Å². The van der Waals surface area contributed by atoms with Gasteiger partial charge in [0, 0.05) is 34.6 Å². The summed E-state index contributed by atoms with van der Waals surface area (Å²) in [5.74, 6) is 0.643. The van der Waals surface area contributed by atoms with Gasteiger partial charge in [0.2, 0.25) is 0 Å². The molecule has 2 aromatic carbocycles. The van der Waals surface area contributed by atoms with E-state index >= 15 is 0 Å². The number of ether oxygens (including phenoxy) is 1. The van der Waals surface area contributed by atoms with Crippen LogP contribution < -0.4 is 15.7 Å². The van der Waals surface area contributed by atoms with Crippen molar-refractivity contribution in [2.24, 2.45) is 0 Å². The third kappa shape index (κ3) is 5.06. The van der Waals surface area contributed by atoms with E-state index in [9.17, 15) is 9.90 Å². The molecule has 1 aromatic heterocycles. The van der Waals surface area contributed by atoms with Crippen LogP contribution in [-0.4, -0.2) is 24.4 Å². The third-order valence-corrected chi connectivity index (χ3v) is 4.98. The van der Waals surface area contributed by atoms with Crippen molar-refractivity contribution in [3.05, 3.63) is 73.6 Å². The maximum atomic E-state index is 11.5. The SMILES string of the molecule is Cc1cc2oc(=O)cc(C)c2cc1OC[C@H](O)CNCc1ccc(Cl)cc1Cl. The van der Waals surface area contributed by atoms with Gasteiger partial charge in [0.05, 0.1) is 0 Å². The van der Waals surface area contributed by atoms with E-state index in [1.165, 1.54) is 6.07 Å². The second kappa shape index (κ2) is 8.97. The number of aryl methyl sites for hydroxylation is 2. The van der Waals surface area contributed by atoms with Crippen LogP contribution in [0.5, 0.6) is 5.75 Å². The van der Waals surface area contributed by atoms with Crippen LogP contribution in [0.4, 0.5) is 0 Å². The molecule has 0 fully saturated rings. The molecule has 7 heteroatoms. The highest BCUT2D eigenvalue weighted by molar-refractivity contribution is 6.35. The van der Waals surface area contributed by atoms with Gasteiger partial charge in [-0.15, -0.1) is 0 Å². The Morgan fingerprint density at radius 2 is 1.93 bits per heavy atom. The maximum Gasteiger partial charge on any atom is 0.336 e. The number of hydrogen-bond donors (Lipinski definition) is 2. The van der Waals surface area contributed by atoms with Gasteiger partial charge in [-0.25, -0.2) is 4.79 Å². The van der Waals surface area contributed by atoms with Crippen LogP contribution in [0.1, 0.15) is 16.7 Å². The smallest absolute Gasteiger partial charge is 0.336 e. The second-order valence-electron chi connectivity index (χ2n) is 6.69. The summed E-state index contributed by atoms with van der Waals surface area (Å²) in [5.41, 5.74) is 2.70. The molecule has 0 aliphatic heterocycles. The molecule has 0 amide bonds. The summed E-state index contributed by atoms with van der Waals surface area (Å²) >= 11 is 12.0. The molecule has 1 heterocycles. The molecule has 0 radical (unpaired) electrons. The van der Waals surface area contributed by atoms with Crippen molar-refractivity contribution in [3.8, 4) is 5.75 Å². The highest BCUT2D eigenvalue weighted by atomic mass is 35.5. The predicted octanol–water partition coefficient (Wildman–Crippen LogP) is 4.25. The highest BCUT2D eigenvalue weighted by Gasteiger charge is 2.11. The van der Waals surface area contributed by atoms with Gasteiger partial charge in [-0.1, -0.05) is 29.3 Å². The van der Waals surface area contributed by atoms with E-state index in [4.69, 9.17) is 32.4 Å². The van der Waals surface area contributed by atoms with Crippen molar-refractivity contribution >= 4 is 34.2 Å². The summed E-state index contributed by atoms with van der Waals surface area (Å²) in [4.78, 5) is 11.5. The number of rotatable bonds is 7. The lowest BCUT2D eigenvalue weighted by Gasteiger charge is -2.15.